The summed E-state index contributed by atoms with van der Waals surface area (Å²) in [5.74, 6) is -0.381. The Morgan fingerprint density at radius 3 is 2.58 bits per heavy atom. The van der Waals surface area contributed by atoms with Gasteiger partial charge < -0.3 is 5.32 Å². The highest BCUT2D eigenvalue weighted by atomic mass is 35.5. The van der Waals surface area contributed by atoms with Gasteiger partial charge in [-0.25, -0.2) is 13.1 Å². The van der Waals surface area contributed by atoms with Gasteiger partial charge in [-0.2, -0.15) is 0 Å². The van der Waals surface area contributed by atoms with E-state index in [-0.39, 0.29) is 22.4 Å². The minimum Gasteiger partial charge on any atom is -0.322 e. The van der Waals surface area contributed by atoms with E-state index in [0.717, 1.165) is 31.2 Å². The van der Waals surface area contributed by atoms with Gasteiger partial charge in [0.1, 0.15) is 0 Å². The molecule has 1 saturated carbocycles. The van der Waals surface area contributed by atoms with E-state index in [9.17, 15) is 13.2 Å². The molecule has 138 valence electrons. The van der Waals surface area contributed by atoms with E-state index in [1.165, 1.54) is 12.1 Å². The van der Waals surface area contributed by atoms with Gasteiger partial charge in [0.15, 0.2) is 0 Å². The molecule has 3 rings (SSSR count). The number of nitrogens with one attached hydrogen (secondary N) is 2. The van der Waals surface area contributed by atoms with Crippen LogP contribution in [0.25, 0.3) is 0 Å². The number of hydrogen-bond acceptors (Lipinski definition) is 3. The Kier molecular flexibility index (Phi) is 5.65. The molecule has 0 bridgehead atoms. The Bertz CT molecular complexity index is 922. The third kappa shape index (κ3) is 4.44. The third-order valence-electron chi connectivity index (χ3n) is 4.53. The molecule has 0 spiro atoms. The zero-order chi connectivity index (χ0) is 18.7. The maximum absolute atomic E-state index is 12.6. The molecule has 1 aliphatic carbocycles. The molecule has 0 radical (unpaired) electrons. The van der Waals surface area contributed by atoms with Crippen molar-refractivity contribution in [1.82, 2.24) is 4.72 Å². The van der Waals surface area contributed by atoms with Gasteiger partial charge in [0, 0.05) is 22.3 Å². The van der Waals surface area contributed by atoms with E-state index < -0.39 is 10.0 Å². The van der Waals surface area contributed by atoms with Crippen molar-refractivity contribution in [3.63, 3.8) is 0 Å². The summed E-state index contributed by atoms with van der Waals surface area (Å²) in [4.78, 5) is 12.6. The maximum atomic E-state index is 12.6. The van der Waals surface area contributed by atoms with Gasteiger partial charge in [-0.1, -0.05) is 36.6 Å². The number of hydrogen-bond donors (Lipinski definition) is 2. The predicted octanol–water partition coefficient (Wildman–Crippen LogP) is 4.12. The van der Waals surface area contributed by atoms with Gasteiger partial charge in [0.25, 0.3) is 5.91 Å². The Balaban J connectivity index is 1.79. The van der Waals surface area contributed by atoms with Crippen molar-refractivity contribution < 1.29 is 13.2 Å². The van der Waals surface area contributed by atoms with Crippen molar-refractivity contribution in [2.75, 3.05) is 5.32 Å². The van der Waals surface area contributed by atoms with E-state index in [2.05, 4.69) is 10.0 Å². The third-order valence-corrected chi connectivity index (χ3v) is 6.28. The first kappa shape index (κ1) is 18.9. The highest BCUT2D eigenvalue weighted by Gasteiger charge is 2.23. The molecule has 2 N–H and O–H groups in total. The molecular formula is C19H21ClN2O3S. The van der Waals surface area contributed by atoms with Gasteiger partial charge >= 0.3 is 0 Å². The standard InChI is InChI=1S/C19H21ClN2O3S/c1-13-9-10-15(20)12-18(13)21-19(23)14-5-4-8-17(11-14)26(24,25)22-16-6-2-3-7-16/h4-5,8-12,16,22H,2-3,6-7H2,1H3,(H,21,23). The Morgan fingerprint density at radius 2 is 1.85 bits per heavy atom. The van der Waals surface area contributed by atoms with Gasteiger partial charge in [0.2, 0.25) is 10.0 Å². The number of carbonyl (C=O) groups is 1. The minimum absolute atomic E-state index is 0.0217. The molecule has 0 heterocycles. The van der Waals surface area contributed by atoms with Gasteiger partial charge in [-0.15, -0.1) is 0 Å². The Labute approximate surface area is 158 Å². The Hall–Kier alpha value is -1.89. The lowest BCUT2D eigenvalue weighted by molar-refractivity contribution is 0.102. The fourth-order valence-electron chi connectivity index (χ4n) is 3.06. The van der Waals surface area contributed by atoms with Gasteiger partial charge in [-0.3, -0.25) is 4.79 Å². The lowest BCUT2D eigenvalue weighted by Crippen LogP contribution is -2.32. The second-order valence-electron chi connectivity index (χ2n) is 6.54. The molecule has 1 fully saturated rings. The average molecular weight is 393 g/mol. The first-order valence-corrected chi connectivity index (χ1v) is 10.4. The number of sulfonamides is 1. The van der Waals surface area contributed by atoms with Crippen LogP contribution in [0.5, 0.6) is 0 Å². The molecule has 0 atom stereocenters. The van der Waals surface area contributed by atoms with Crippen LogP contribution in [-0.2, 0) is 10.0 Å². The van der Waals surface area contributed by atoms with E-state index in [1.807, 2.05) is 13.0 Å². The minimum atomic E-state index is -3.64. The second kappa shape index (κ2) is 7.78. The van der Waals surface area contributed by atoms with Crippen LogP contribution in [0.15, 0.2) is 47.4 Å². The lowest BCUT2D eigenvalue weighted by Gasteiger charge is -2.13. The summed E-state index contributed by atoms with van der Waals surface area (Å²) in [6.07, 6.45) is 3.78. The normalized spacial score (nSPS) is 15.2. The molecule has 7 heteroatoms. The van der Waals surface area contributed by atoms with Crippen LogP contribution >= 0.6 is 11.6 Å². The smallest absolute Gasteiger partial charge is 0.255 e. The predicted molar refractivity (Wildman–Crippen MR) is 103 cm³/mol. The van der Waals surface area contributed by atoms with Gasteiger partial charge in [-0.05, 0) is 55.7 Å². The van der Waals surface area contributed by atoms with Crippen molar-refractivity contribution in [1.29, 1.82) is 0 Å². The Morgan fingerprint density at radius 1 is 1.12 bits per heavy atom. The number of anilines is 1. The zero-order valence-electron chi connectivity index (χ0n) is 14.5. The number of amides is 1. The quantitative estimate of drug-likeness (QED) is 0.803. The summed E-state index contributed by atoms with van der Waals surface area (Å²) in [6.45, 7) is 1.86. The van der Waals surface area contributed by atoms with Crippen LogP contribution in [0.4, 0.5) is 5.69 Å². The molecule has 1 aliphatic rings. The fraction of sp³-hybridized carbons (Fsp3) is 0.316. The molecule has 2 aromatic carbocycles. The molecular weight excluding hydrogens is 372 g/mol. The zero-order valence-corrected chi connectivity index (χ0v) is 16.0. The van der Waals surface area contributed by atoms with Crippen LogP contribution in [-0.4, -0.2) is 20.4 Å². The van der Waals surface area contributed by atoms with Gasteiger partial charge in [0.05, 0.1) is 4.90 Å². The van der Waals surface area contributed by atoms with E-state index >= 15 is 0 Å². The van der Waals surface area contributed by atoms with Crippen molar-refractivity contribution in [3.8, 4) is 0 Å². The van der Waals surface area contributed by atoms with E-state index in [4.69, 9.17) is 11.6 Å². The van der Waals surface area contributed by atoms with E-state index in [0.29, 0.717) is 10.7 Å². The molecule has 0 aromatic heterocycles. The monoisotopic (exact) mass is 392 g/mol. The lowest BCUT2D eigenvalue weighted by atomic mass is 10.1. The molecule has 0 aliphatic heterocycles. The van der Waals surface area contributed by atoms with E-state index in [1.54, 1.807) is 24.3 Å². The number of aryl methyl sites for hydroxylation is 1. The number of rotatable bonds is 5. The second-order valence-corrected chi connectivity index (χ2v) is 8.69. The van der Waals surface area contributed by atoms with Crippen LogP contribution in [0.1, 0.15) is 41.6 Å². The highest BCUT2D eigenvalue weighted by molar-refractivity contribution is 7.89. The summed E-state index contributed by atoms with van der Waals surface area (Å²) >= 11 is 5.97. The highest BCUT2D eigenvalue weighted by Crippen LogP contribution is 2.23. The van der Waals surface area contributed by atoms with Crippen LogP contribution < -0.4 is 10.0 Å². The first-order valence-electron chi connectivity index (χ1n) is 8.55. The maximum Gasteiger partial charge on any atom is 0.255 e. The molecule has 1 amide bonds. The van der Waals surface area contributed by atoms with Crippen molar-refractivity contribution in [3.05, 3.63) is 58.6 Å². The molecule has 2 aromatic rings. The van der Waals surface area contributed by atoms with Crippen molar-refractivity contribution in [2.45, 2.75) is 43.5 Å². The molecule has 0 unspecified atom stereocenters. The average Bonchev–Trinajstić information content (AvgIpc) is 3.10. The summed E-state index contributed by atoms with van der Waals surface area (Å²) in [5, 5.41) is 3.30. The summed E-state index contributed by atoms with van der Waals surface area (Å²) < 4.78 is 27.8. The number of benzene rings is 2. The molecule has 0 saturated heterocycles. The summed E-state index contributed by atoms with van der Waals surface area (Å²) in [7, 11) is -3.64. The molecule has 26 heavy (non-hydrogen) atoms. The van der Waals surface area contributed by atoms with Crippen molar-refractivity contribution >= 4 is 33.2 Å². The summed E-state index contributed by atoms with van der Waals surface area (Å²) in [6, 6.07) is 11.2. The fourth-order valence-corrected chi connectivity index (χ4v) is 4.58. The van der Waals surface area contributed by atoms with Crippen molar-refractivity contribution in [2.24, 2.45) is 0 Å². The molecule has 5 nitrogen and oxygen atoms in total. The number of carbonyl (C=O) groups excluding carboxylic acids is 1. The largest absolute Gasteiger partial charge is 0.322 e. The SMILES string of the molecule is Cc1ccc(Cl)cc1NC(=O)c1cccc(S(=O)(=O)NC2CCCC2)c1. The number of halogens is 1. The van der Waals surface area contributed by atoms with Crippen LogP contribution in [0.2, 0.25) is 5.02 Å². The topological polar surface area (TPSA) is 75.3 Å². The first-order chi connectivity index (χ1) is 12.3. The van der Waals surface area contributed by atoms with Crippen LogP contribution in [0, 0.1) is 6.92 Å². The summed E-state index contributed by atoms with van der Waals surface area (Å²) in [5.41, 5.74) is 1.74. The van der Waals surface area contributed by atoms with Crippen LogP contribution in [0.3, 0.4) is 0 Å².